The van der Waals surface area contributed by atoms with Gasteiger partial charge in [0.2, 0.25) is 0 Å². The minimum Gasteiger partial charge on any atom is -0.494 e. The van der Waals surface area contributed by atoms with Gasteiger partial charge >= 0.3 is 0 Å². The van der Waals surface area contributed by atoms with Gasteiger partial charge in [-0.3, -0.25) is 4.79 Å². The van der Waals surface area contributed by atoms with Crippen molar-refractivity contribution in [1.82, 2.24) is 0 Å². The van der Waals surface area contributed by atoms with Crippen LogP contribution in [0.5, 0.6) is 5.75 Å². The van der Waals surface area contributed by atoms with Crippen LogP contribution >= 0.6 is 0 Å². The average molecular weight is 362 g/mol. The zero-order chi connectivity index (χ0) is 19.0. The molecule has 0 amide bonds. The number of hydrogen-bond donors (Lipinski definition) is 2. The van der Waals surface area contributed by atoms with Crippen molar-refractivity contribution in [3.63, 3.8) is 0 Å². The first-order valence-electron chi connectivity index (χ1n) is 9.58. The smallest absolute Gasteiger partial charge is 0.163 e. The van der Waals surface area contributed by atoms with Gasteiger partial charge in [-0.1, -0.05) is 38.1 Å². The van der Waals surface area contributed by atoms with E-state index < -0.39 is 0 Å². The lowest BCUT2D eigenvalue weighted by Gasteiger charge is -2.34. The number of rotatable bonds is 3. The highest BCUT2D eigenvalue weighted by atomic mass is 16.5. The van der Waals surface area contributed by atoms with Gasteiger partial charge in [-0.2, -0.15) is 0 Å². The molecule has 2 aromatic carbocycles. The fourth-order valence-corrected chi connectivity index (χ4v) is 4.09. The standard InChI is InChI=1S/C23H26N2O2/c1-4-27-16-9-7-8-15(12-16)22-21-19(13-23(2,3)14-20(21)26)24-17-10-5-6-11-18(17)25-22/h5-12,22,24-25H,4,13-14H2,1-3H3. The second-order valence-electron chi connectivity index (χ2n) is 8.09. The Bertz CT molecular complexity index is 914. The first kappa shape index (κ1) is 17.7. The number of allylic oxidation sites excluding steroid dienone is 1. The molecule has 1 atom stereocenters. The van der Waals surface area contributed by atoms with Crippen LogP contribution in [0.2, 0.25) is 0 Å². The van der Waals surface area contributed by atoms with Crippen molar-refractivity contribution < 1.29 is 9.53 Å². The third-order valence-electron chi connectivity index (χ3n) is 5.22. The van der Waals surface area contributed by atoms with E-state index in [1.807, 2.05) is 37.3 Å². The van der Waals surface area contributed by atoms with E-state index in [0.29, 0.717) is 13.0 Å². The predicted molar refractivity (Wildman–Crippen MR) is 109 cm³/mol. The monoisotopic (exact) mass is 362 g/mol. The first-order valence-corrected chi connectivity index (χ1v) is 9.58. The second kappa shape index (κ2) is 6.76. The van der Waals surface area contributed by atoms with Crippen LogP contribution in [0.25, 0.3) is 0 Å². The lowest BCUT2D eigenvalue weighted by atomic mass is 9.73. The molecular formula is C23H26N2O2. The summed E-state index contributed by atoms with van der Waals surface area (Å²) in [6, 6.07) is 16.0. The van der Waals surface area contributed by atoms with Gasteiger partial charge < -0.3 is 15.4 Å². The van der Waals surface area contributed by atoms with E-state index in [-0.39, 0.29) is 17.2 Å². The van der Waals surface area contributed by atoms with Crippen molar-refractivity contribution in [1.29, 1.82) is 0 Å². The largest absolute Gasteiger partial charge is 0.494 e. The SMILES string of the molecule is CCOc1cccc(C2Nc3ccccc3NC3=C2C(=O)CC(C)(C)C3)c1. The summed E-state index contributed by atoms with van der Waals surface area (Å²) in [5.41, 5.74) is 4.89. The summed E-state index contributed by atoms with van der Waals surface area (Å²) in [4.78, 5) is 13.2. The van der Waals surface area contributed by atoms with Gasteiger partial charge in [0.05, 0.1) is 24.0 Å². The van der Waals surface area contributed by atoms with E-state index in [0.717, 1.165) is 40.4 Å². The molecule has 1 aliphatic heterocycles. The fourth-order valence-electron chi connectivity index (χ4n) is 4.09. The number of anilines is 2. The third-order valence-corrected chi connectivity index (χ3v) is 5.22. The van der Waals surface area contributed by atoms with E-state index in [9.17, 15) is 4.79 Å². The summed E-state index contributed by atoms with van der Waals surface area (Å²) in [7, 11) is 0. The van der Waals surface area contributed by atoms with Crippen LogP contribution in [0, 0.1) is 5.41 Å². The predicted octanol–water partition coefficient (Wildman–Crippen LogP) is 5.31. The maximum absolute atomic E-state index is 13.2. The third kappa shape index (κ3) is 3.44. The van der Waals surface area contributed by atoms with Crippen LogP contribution in [0.4, 0.5) is 11.4 Å². The number of para-hydroxylation sites is 2. The van der Waals surface area contributed by atoms with E-state index >= 15 is 0 Å². The molecule has 2 aliphatic rings. The Morgan fingerprint density at radius 1 is 1.07 bits per heavy atom. The van der Waals surface area contributed by atoms with Gasteiger partial charge in [0.15, 0.2) is 5.78 Å². The van der Waals surface area contributed by atoms with Gasteiger partial charge in [0.1, 0.15) is 5.75 Å². The minimum atomic E-state index is -0.194. The van der Waals surface area contributed by atoms with Crippen molar-refractivity contribution in [3.8, 4) is 5.75 Å². The Hall–Kier alpha value is -2.75. The van der Waals surface area contributed by atoms with Crippen LogP contribution < -0.4 is 15.4 Å². The fraction of sp³-hybridized carbons (Fsp3) is 0.348. The molecule has 0 bridgehead atoms. The molecule has 4 nitrogen and oxygen atoms in total. The lowest BCUT2D eigenvalue weighted by molar-refractivity contribution is -0.118. The number of carbonyl (C=O) groups is 1. The molecular weight excluding hydrogens is 336 g/mol. The molecule has 0 aromatic heterocycles. The van der Waals surface area contributed by atoms with Crippen LogP contribution in [0.3, 0.4) is 0 Å². The molecule has 0 fully saturated rings. The Balaban J connectivity index is 1.85. The number of benzene rings is 2. The Labute approximate surface area is 160 Å². The molecule has 0 spiro atoms. The summed E-state index contributed by atoms with van der Waals surface area (Å²) in [5, 5.41) is 7.16. The van der Waals surface area contributed by atoms with Crippen molar-refractivity contribution in [3.05, 3.63) is 65.4 Å². The quantitative estimate of drug-likeness (QED) is 0.777. The lowest BCUT2D eigenvalue weighted by Crippen LogP contribution is -2.31. The average Bonchev–Trinajstić information content (AvgIpc) is 2.77. The Morgan fingerprint density at radius 3 is 2.63 bits per heavy atom. The molecule has 4 rings (SSSR count). The molecule has 0 saturated carbocycles. The Morgan fingerprint density at radius 2 is 1.85 bits per heavy atom. The van der Waals surface area contributed by atoms with E-state index in [4.69, 9.17) is 4.74 Å². The van der Waals surface area contributed by atoms with Gasteiger partial charge in [-0.05, 0) is 48.6 Å². The molecule has 1 heterocycles. The first-order chi connectivity index (χ1) is 13.0. The zero-order valence-electron chi connectivity index (χ0n) is 16.1. The van der Waals surface area contributed by atoms with E-state index in [2.05, 4.69) is 42.7 Å². The number of hydrogen-bond acceptors (Lipinski definition) is 4. The maximum atomic E-state index is 13.2. The summed E-state index contributed by atoms with van der Waals surface area (Å²) in [6.45, 7) is 6.91. The molecule has 140 valence electrons. The van der Waals surface area contributed by atoms with Crippen LogP contribution in [0.15, 0.2) is 59.8 Å². The minimum absolute atomic E-state index is 0.0417. The van der Waals surface area contributed by atoms with Gasteiger partial charge in [0, 0.05) is 17.7 Å². The van der Waals surface area contributed by atoms with Gasteiger partial charge in [-0.25, -0.2) is 0 Å². The molecule has 2 N–H and O–H groups in total. The highest BCUT2D eigenvalue weighted by Gasteiger charge is 2.38. The summed E-state index contributed by atoms with van der Waals surface area (Å²) in [5.74, 6) is 1.04. The van der Waals surface area contributed by atoms with Crippen LogP contribution in [-0.4, -0.2) is 12.4 Å². The number of fused-ring (bicyclic) bond motifs is 1. The summed E-state index contributed by atoms with van der Waals surface area (Å²) < 4.78 is 5.69. The number of ether oxygens (including phenoxy) is 1. The highest BCUT2D eigenvalue weighted by molar-refractivity contribution is 6.01. The number of nitrogens with one attached hydrogen (secondary N) is 2. The summed E-state index contributed by atoms with van der Waals surface area (Å²) in [6.07, 6.45) is 1.42. The second-order valence-corrected chi connectivity index (χ2v) is 8.09. The Kier molecular flexibility index (Phi) is 4.42. The maximum Gasteiger partial charge on any atom is 0.163 e. The van der Waals surface area contributed by atoms with Crippen molar-refractivity contribution in [2.24, 2.45) is 5.41 Å². The molecule has 0 radical (unpaired) electrons. The van der Waals surface area contributed by atoms with Crippen molar-refractivity contribution >= 4 is 17.2 Å². The van der Waals surface area contributed by atoms with E-state index in [1.165, 1.54) is 0 Å². The van der Waals surface area contributed by atoms with Crippen molar-refractivity contribution in [2.45, 2.75) is 39.7 Å². The van der Waals surface area contributed by atoms with Crippen molar-refractivity contribution in [2.75, 3.05) is 17.2 Å². The number of ketones is 1. The number of Topliss-reactive ketones (excluding diaryl/α,β-unsaturated/α-hetero) is 1. The number of carbonyl (C=O) groups excluding carboxylic acids is 1. The molecule has 1 unspecified atom stereocenters. The van der Waals surface area contributed by atoms with Gasteiger partial charge in [0.25, 0.3) is 0 Å². The van der Waals surface area contributed by atoms with Gasteiger partial charge in [-0.15, -0.1) is 0 Å². The molecule has 4 heteroatoms. The zero-order valence-corrected chi connectivity index (χ0v) is 16.1. The molecule has 27 heavy (non-hydrogen) atoms. The molecule has 1 aliphatic carbocycles. The van der Waals surface area contributed by atoms with Crippen LogP contribution in [-0.2, 0) is 4.79 Å². The topological polar surface area (TPSA) is 50.4 Å². The van der Waals surface area contributed by atoms with Crippen LogP contribution in [0.1, 0.15) is 45.2 Å². The summed E-state index contributed by atoms with van der Waals surface area (Å²) >= 11 is 0. The van der Waals surface area contributed by atoms with E-state index in [1.54, 1.807) is 0 Å². The molecule has 0 saturated heterocycles. The highest BCUT2D eigenvalue weighted by Crippen LogP contribution is 2.45. The molecule has 2 aromatic rings. The normalized spacial score (nSPS) is 20.7.